The highest BCUT2D eigenvalue weighted by molar-refractivity contribution is 7.89. The highest BCUT2D eigenvalue weighted by Gasteiger charge is 2.34. The molecule has 2 fully saturated rings. The smallest absolute Gasteiger partial charge is 0.217 e. The third-order valence-corrected chi connectivity index (χ3v) is 6.86. The van der Waals surface area contributed by atoms with E-state index in [1.807, 2.05) is 0 Å². The van der Waals surface area contributed by atoms with E-state index in [9.17, 15) is 8.42 Å². The quantitative estimate of drug-likeness (QED) is 0.681. The van der Waals surface area contributed by atoms with Crippen molar-refractivity contribution in [2.75, 3.05) is 52.5 Å². The second kappa shape index (κ2) is 8.43. The van der Waals surface area contributed by atoms with Crippen LogP contribution in [0.3, 0.4) is 0 Å². The van der Waals surface area contributed by atoms with Crippen LogP contribution in [-0.4, -0.2) is 75.4 Å². The fourth-order valence-electron chi connectivity index (χ4n) is 3.05. The summed E-state index contributed by atoms with van der Waals surface area (Å²) in [5.41, 5.74) is 5.49. The molecule has 0 aliphatic carbocycles. The van der Waals surface area contributed by atoms with Crippen LogP contribution in [0.25, 0.3) is 0 Å². The van der Waals surface area contributed by atoms with E-state index in [1.165, 1.54) is 0 Å². The van der Waals surface area contributed by atoms with Gasteiger partial charge in [0.1, 0.15) is 0 Å². The van der Waals surface area contributed by atoms with Crippen molar-refractivity contribution in [3.63, 3.8) is 0 Å². The SMILES string of the molecule is NCCCCCN1CCN(S(=O)(=O)C2CCOCC2)CC1. The maximum absolute atomic E-state index is 12.6. The summed E-state index contributed by atoms with van der Waals surface area (Å²) in [6.45, 7) is 5.95. The van der Waals surface area contributed by atoms with Gasteiger partial charge < -0.3 is 15.4 Å². The molecule has 2 aliphatic rings. The van der Waals surface area contributed by atoms with Gasteiger partial charge in [-0.05, 0) is 38.8 Å². The summed E-state index contributed by atoms with van der Waals surface area (Å²) in [7, 11) is -3.13. The molecule has 2 rings (SSSR count). The molecule has 2 saturated heterocycles. The van der Waals surface area contributed by atoms with E-state index < -0.39 is 10.0 Å². The van der Waals surface area contributed by atoms with Crippen molar-refractivity contribution in [2.24, 2.45) is 5.73 Å². The van der Waals surface area contributed by atoms with Gasteiger partial charge >= 0.3 is 0 Å². The van der Waals surface area contributed by atoms with Gasteiger partial charge in [-0.3, -0.25) is 0 Å². The Morgan fingerprint density at radius 3 is 2.29 bits per heavy atom. The van der Waals surface area contributed by atoms with Gasteiger partial charge in [0.05, 0.1) is 5.25 Å². The number of unbranched alkanes of at least 4 members (excludes halogenated alkanes) is 2. The molecule has 0 atom stereocenters. The Bertz CT molecular complexity index is 388. The summed E-state index contributed by atoms with van der Waals surface area (Å²) < 4.78 is 32.1. The Kier molecular flexibility index (Phi) is 6.88. The number of hydrogen-bond acceptors (Lipinski definition) is 5. The van der Waals surface area contributed by atoms with Gasteiger partial charge in [-0.25, -0.2) is 8.42 Å². The van der Waals surface area contributed by atoms with Crippen LogP contribution >= 0.6 is 0 Å². The van der Waals surface area contributed by atoms with E-state index in [1.54, 1.807) is 4.31 Å². The van der Waals surface area contributed by atoms with E-state index in [-0.39, 0.29) is 5.25 Å². The molecular formula is C14H29N3O3S. The van der Waals surface area contributed by atoms with Crippen molar-refractivity contribution < 1.29 is 13.2 Å². The fraction of sp³-hybridized carbons (Fsp3) is 1.00. The van der Waals surface area contributed by atoms with Gasteiger partial charge in [-0.1, -0.05) is 6.42 Å². The molecule has 0 amide bonds. The first-order valence-electron chi connectivity index (χ1n) is 8.13. The Balaban J connectivity index is 1.74. The van der Waals surface area contributed by atoms with E-state index >= 15 is 0 Å². The number of nitrogens with two attached hydrogens (primary N) is 1. The third kappa shape index (κ3) is 4.89. The summed E-state index contributed by atoms with van der Waals surface area (Å²) in [6, 6.07) is 0. The highest BCUT2D eigenvalue weighted by Crippen LogP contribution is 2.21. The zero-order valence-electron chi connectivity index (χ0n) is 12.9. The molecule has 2 N–H and O–H groups in total. The summed E-state index contributed by atoms with van der Waals surface area (Å²) in [6.07, 6.45) is 4.68. The first kappa shape index (κ1) is 17.1. The van der Waals surface area contributed by atoms with Crippen LogP contribution in [0.1, 0.15) is 32.1 Å². The predicted octanol–water partition coefficient (Wildman–Crippen LogP) is 0.242. The second-order valence-electron chi connectivity index (χ2n) is 5.95. The number of ether oxygens (including phenoxy) is 1. The standard InChI is InChI=1S/C14H29N3O3S/c15-6-2-1-3-7-16-8-10-17(11-9-16)21(18,19)14-4-12-20-13-5-14/h14H,1-13,15H2. The molecule has 0 aromatic carbocycles. The van der Waals surface area contributed by atoms with Gasteiger partial charge in [-0.15, -0.1) is 0 Å². The molecule has 0 aromatic rings. The maximum Gasteiger partial charge on any atom is 0.217 e. The first-order valence-corrected chi connectivity index (χ1v) is 9.64. The lowest BCUT2D eigenvalue weighted by atomic mass is 10.2. The minimum absolute atomic E-state index is 0.234. The molecule has 0 bridgehead atoms. The zero-order chi connectivity index (χ0) is 15.1. The molecule has 21 heavy (non-hydrogen) atoms. The van der Waals surface area contributed by atoms with Gasteiger partial charge in [0, 0.05) is 39.4 Å². The van der Waals surface area contributed by atoms with Crippen LogP contribution in [0, 0.1) is 0 Å². The van der Waals surface area contributed by atoms with E-state index in [2.05, 4.69) is 4.90 Å². The van der Waals surface area contributed by atoms with Gasteiger partial charge in [0.2, 0.25) is 10.0 Å². The number of piperazine rings is 1. The fourth-order valence-corrected chi connectivity index (χ4v) is 4.93. The van der Waals surface area contributed by atoms with Crippen LogP contribution < -0.4 is 5.73 Å². The van der Waals surface area contributed by atoms with Crippen LogP contribution in [0.2, 0.25) is 0 Å². The Morgan fingerprint density at radius 2 is 1.67 bits per heavy atom. The normalized spacial score (nSPS) is 23.5. The van der Waals surface area contributed by atoms with Crippen LogP contribution in [-0.2, 0) is 14.8 Å². The summed E-state index contributed by atoms with van der Waals surface area (Å²) >= 11 is 0. The lowest BCUT2D eigenvalue weighted by Gasteiger charge is -2.36. The van der Waals surface area contributed by atoms with Gasteiger partial charge in [0.15, 0.2) is 0 Å². The molecule has 0 unspecified atom stereocenters. The summed E-state index contributed by atoms with van der Waals surface area (Å²) in [5, 5.41) is -0.234. The number of hydrogen-bond donors (Lipinski definition) is 1. The molecule has 124 valence electrons. The Morgan fingerprint density at radius 1 is 1.00 bits per heavy atom. The van der Waals surface area contributed by atoms with Crippen molar-refractivity contribution in [3.8, 4) is 0 Å². The number of sulfonamides is 1. The van der Waals surface area contributed by atoms with Crippen molar-refractivity contribution in [1.82, 2.24) is 9.21 Å². The molecule has 0 saturated carbocycles. The van der Waals surface area contributed by atoms with Gasteiger partial charge in [-0.2, -0.15) is 4.31 Å². The largest absolute Gasteiger partial charge is 0.381 e. The highest BCUT2D eigenvalue weighted by atomic mass is 32.2. The molecule has 0 spiro atoms. The molecule has 6 nitrogen and oxygen atoms in total. The molecule has 2 aliphatic heterocycles. The van der Waals surface area contributed by atoms with Crippen LogP contribution in [0.5, 0.6) is 0 Å². The topological polar surface area (TPSA) is 75.9 Å². The lowest BCUT2D eigenvalue weighted by molar-refractivity contribution is 0.0962. The van der Waals surface area contributed by atoms with Crippen molar-refractivity contribution in [1.29, 1.82) is 0 Å². The Hall–Kier alpha value is -0.210. The second-order valence-corrected chi connectivity index (χ2v) is 8.16. The first-order chi connectivity index (χ1) is 10.1. The average molecular weight is 319 g/mol. The van der Waals surface area contributed by atoms with Crippen molar-refractivity contribution in [2.45, 2.75) is 37.4 Å². The monoisotopic (exact) mass is 319 g/mol. The Labute approximate surface area is 128 Å². The van der Waals surface area contributed by atoms with Crippen molar-refractivity contribution >= 4 is 10.0 Å². The number of nitrogens with zero attached hydrogens (tertiary/aromatic N) is 2. The lowest BCUT2D eigenvalue weighted by Crippen LogP contribution is -2.51. The molecule has 0 radical (unpaired) electrons. The van der Waals surface area contributed by atoms with Crippen LogP contribution in [0.15, 0.2) is 0 Å². The van der Waals surface area contributed by atoms with Crippen molar-refractivity contribution in [3.05, 3.63) is 0 Å². The van der Waals surface area contributed by atoms with Crippen LogP contribution in [0.4, 0.5) is 0 Å². The molecule has 2 heterocycles. The van der Waals surface area contributed by atoms with E-state index in [0.717, 1.165) is 45.4 Å². The predicted molar refractivity (Wildman–Crippen MR) is 83.7 cm³/mol. The van der Waals surface area contributed by atoms with Gasteiger partial charge in [0.25, 0.3) is 0 Å². The molecular weight excluding hydrogens is 290 g/mol. The average Bonchev–Trinajstić information content (AvgIpc) is 2.53. The summed E-state index contributed by atoms with van der Waals surface area (Å²) in [4.78, 5) is 2.37. The minimum atomic E-state index is -3.13. The maximum atomic E-state index is 12.6. The summed E-state index contributed by atoms with van der Waals surface area (Å²) in [5.74, 6) is 0. The number of rotatable bonds is 7. The van der Waals surface area contributed by atoms with E-state index in [4.69, 9.17) is 10.5 Å². The van der Waals surface area contributed by atoms with E-state index in [0.29, 0.717) is 39.1 Å². The zero-order valence-corrected chi connectivity index (χ0v) is 13.7. The minimum Gasteiger partial charge on any atom is -0.381 e. The third-order valence-electron chi connectivity index (χ3n) is 4.46. The molecule has 0 aromatic heterocycles. The molecule has 7 heteroatoms.